The zero-order chi connectivity index (χ0) is 45.0. The average molecular weight is 805 g/mol. The normalized spacial score (nSPS) is 12.8. The summed E-state index contributed by atoms with van der Waals surface area (Å²) in [5.41, 5.74) is -9.29. The number of esters is 6. The zero-order valence-corrected chi connectivity index (χ0v) is 36.6. The molecule has 15 nitrogen and oxygen atoms in total. The van der Waals surface area contributed by atoms with Crippen molar-refractivity contribution in [2.45, 2.75) is 158 Å². The molecular weight excluding hydrogens is 744 g/mol. The van der Waals surface area contributed by atoms with E-state index in [1.807, 2.05) is 0 Å². The lowest BCUT2D eigenvalue weighted by Gasteiger charge is -2.27. The van der Waals surface area contributed by atoms with Crippen LogP contribution in [-0.4, -0.2) is 86.8 Å². The molecule has 15 heteroatoms. The van der Waals surface area contributed by atoms with Crippen molar-refractivity contribution in [3.05, 3.63) is 34.9 Å². The molecule has 0 aliphatic heterocycles. The molecule has 0 saturated heterocycles. The molecule has 0 aromatic heterocycles. The highest BCUT2D eigenvalue weighted by Crippen LogP contribution is 2.28. The first-order valence-electron chi connectivity index (χ1n) is 18.4. The van der Waals surface area contributed by atoms with E-state index >= 15 is 0 Å². The topological polar surface area (TPSA) is 209 Å². The van der Waals surface area contributed by atoms with Gasteiger partial charge in [0, 0.05) is 16.7 Å². The number of benzene rings is 1. The second kappa shape index (κ2) is 17.7. The zero-order valence-electron chi connectivity index (χ0n) is 36.6. The van der Waals surface area contributed by atoms with E-state index in [1.54, 1.807) is 0 Å². The summed E-state index contributed by atoms with van der Waals surface area (Å²) in [5.74, 6) is -19.0. The quantitative estimate of drug-likeness (QED) is 0.101. The number of carbonyl (C=O) groups is 9. The van der Waals surface area contributed by atoms with Crippen molar-refractivity contribution in [2.24, 2.45) is 17.8 Å². The van der Waals surface area contributed by atoms with Gasteiger partial charge in [-0.2, -0.15) is 0 Å². The molecule has 0 bridgehead atoms. The summed E-state index contributed by atoms with van der Waals surface area (Å²) < 4.78 is 32.3. The highest BCUT2D eigenvalue weighted by molar-refractivity contribution is 6.26. The molecule has 0 aliphatic carbocycles. The van der Waals surface area contributed by atoms with E-state index < -0.39 is 121 Å². The van der Waals surface area contributed by atoms with Crippen LogP contribution in [0.5, 0.6) is 0 Å². The molecule has 1 rings (SSSR count). The molecule has 0 radical (unpaired) electrons. The van der Waals surface area contributed by atoms with E-state index in [0.717, 1.165) is 18.2 Å². The van der Waals surface area contributed by atoms with Gasteiger partial charge in [0.05, 0.1) is 0 Å². The summed E-state index contributed by atoms with van der Waals surface area (Å²) in [6, 6.07) is 2.50. The fraction of sp³-hybridized carbons (Fsp3) is 0.643. The summed E-state index contributed by atoms with van der Waals surface area (Å²) in [6.45, 7) is 26.7. The molecule has 0 saturated carbocycles. The predicted molar refractivity (Wildman–Crippen MR) is 205 cm³/mol. The predicted octanol–water partition coefficient (Wildman–Crippen LogP) is 6.13. The lowest BCUT2D eigenvalue weighted by molar-refractivity contribution is -0.173. The molecule has 0 amide bonds. The third kappa shape index (κ3) is 17.0. The van der Waals surface area contributed by atoms with E-state index in [1.165, 1.54) is 125 Å². The van der Waals surface area contributed by atoms with E-state index in [-0.39, 0.29) is 0 Å². The molecule has 0 unspecified atom stereocenters. The summed E-state index contributed by atoms with van der Waals surface area (Å²) >= 11 is 0. The van der Waals surface area contributed by atoms with Gasteiger partial charge >= 0.3 is 35.8 Å². The van der Waals surface area contributed by atoms with Crippen LogP contribution >= 0.6 is 0 Å². The van der Waals surface area contributed by atoms with Crippen molar-refractivity contribution in [3.63, 3.8) is 0 Å². The number of rotatable bonds is 12. The van der Waals surface area contributed by atoms with Crippen molar-refractivity contribution in [2.75, 3.05) is 0 Å². The summed E-state index contributed by atoms with van der Waals surface area (Å²) in [5, 5.41) is 0. The lowest BCUT2D eigenvalue weighted by atomic mass is 9.87. The van der Waals surface area contributed by atoms with E-state index in [9.17, 15) is 43.2 Å². The highest BCUT2D eigenvalue weighted by Gasteiger charge is 2.46. The fourth-order valence-corrected chi connectivity index (χ4v) is 4.65. The Balaban J connectivity index is 4.38. The monoisotopic (exact) mass is 804 g/mol. The molecule has 1 aromatic rings. The number of carbonyl (C=O) groups excluding carboxylic acids is 9. The summed E-state index contributed by atoms with van der Waals surface area (Å²) in [4.78, 5) is 124. The number of ether oxygens (including phenoxy) is 6. The average Bonchev–Trinajstić information content (AvgIpc) is 2.91. The molecule has 57 heavy (non-hydrogen) atoms. The molecule has 0 heterocycles. The van der Waals surface area contributed by atoms with Crippen LogP contribution in [0.4, 0.5) is 0 Å². The van der Waals surface area contributed by atoms with Gasteiger partial charge in [0.1, 0.15) is 33.6 Å². The Morgan fingerprint density at radius 1 is 0.298 bits per heavy atom. The van der Waals surface area contributed by atoms with Crippen LogP contribution in [0.15, 0.2) is 18.2 Å². The minimum Gasteiger partial charge on any atom is -0.459 e. The Hall–Kier alpha value is -4.95. The van der Waals surface area contributed by atoms with Gasteiger partial charge in [-0.15, -0.1) is 0 Å². The first-order chi connectivity index (χ1) is 25.2. The molecule has 0 fully saturated rings. The molecule has 318 valence electrons. The van der Waals surface area contributed by atoms with Gasteiger partial charge < -0.3 is 28.4 Å². The van der Waals surface area contributed by atoms with Crippen molar-refractivity contribution in [3.8, 4) is 0 Å². The maximum absolute atomic E-state index is 14.4. The van der Waals surface area contributed by atoms with Gasteiger partial charge in [-0.1, -0.05) is 0 Å². The largest absolute Gasteiger partial charge is 0.459 e. The molecule has 0 spiro atoms. The molecule has 0 N–H and O–H groups in total. The van der Waals surface area contributed by atoms with Crippen LogP contribution in [0.25, 0.3) is 0 Å². The Morgan fingerprint density at radius 3 is 0.526 bits per heavy atom. The minimum atomic E-state index is -2.32. The van der Waals surface area contributed by atoms with Crippen LogP contribution in [0.2, 0.25) is 0 Å². The maximum Gasteiger partial charge on any atom is 0.328 e. The smallest absolute Gasteiger partial charge is 0.328 e. The number of hydrogen-bond donors (Lipinski definition) is 0. The third-order valence-electron chi connectivity index (χ3n) is 6.43. The van der Waals surface area contributed by atoms with Crippen molar-refractivity contribution in [1.82, 2.24) is 0 Å². The van der Waals surface area contributed by atoms with Crippen LogP contribution in [0, 0.1) is 17.8 Å². The number of Topliss-reactive ketones (excluding diaryl/α,β-unsaturated/α-hetero) is 3. The number of ketones is 3. The highest BCUT2D eigenvalue weighted by atomic mass is 16.6. The Labute approximate surface area is 335 Å². The SMILES string of the molecule is CC(C)(C)OC(=O)C(C(=O)OC(C)(C)C)C(=O)c1cc(C(=O)C(C(=O)OC(C)(C)C)C(=O)OC(C)(C)C)cc(C(=O)C(C(=O)OC(C)(C)C)C(=O)OC(C)(C)C)c1. The third-order valence-corrected chi connectivity index (χ3v) is 6.43. The maximum atomic E-state index is 14.4. The van der Waals surface area contributed by atoms with Gasteiger partial charge in [-0.05, 0) is 143 Å². The molecule has 0 aliphatic rings. The van der Waals surface area contributed by atoms with E-state index in [2.05, 4.69) is 0 Å². The van der Waals surface area contributed by atoms with Gasteiger partial charge in [0.25, 0.3) is 0 Å². The van der Waals surface area contributed by atoms with Crippen molar-refractivity contribution >= 4 is 53.2 Å². The van der Waals surface area contributed by atoms with Crippen LogP contribution in [0.1, 0.15) is 156 Å². The Kier molecular flexibility index (Phi) is 15.5. The minimum absolute atomic E-state index is 0.676. The summed E-state index contributed by atoms with van der Waals surface area (Å²) in [7, 11) is 0. The standard InChI is InChI=1S/C42H60O15/c1-37(2,3)52-31(46)25(32(47)53-38(4,5)6)28(43)22-19-23(29(44)26(33(48)54-39(7,8)9)34(49)55-40(10,11)12)21-24(20-22)30(45)27(35(50)56-41(13,14)15)36(51)57-42(16,17)18/h19-21,25-27H,1-18H3. The number of hydrogen-bond acceptors (Lipinski definition) is 15. The van der Waals surface area contributed by atoms with Gasteiger partial charge in [0.15, 0.2) is 17.3 Å². The molecule has 1 aromatic carbocycles. The Morgan fingerprint density at radius 2 is 0.421 bits per heavy atom. The van der Waals surface area contributed by atoms with Crippen molar-refractivity contribution < 1.29 is 71.6 Å². The first-order valence-corrected chi connectivity index (χ1v) is 18.4. The van der Waals surface area contributed by atoms with Gasteiger partial charge in [-0.3, -0.25) is 43.2 Å². The molecule has 0 atom stereocenters. The van der Waals surface area contributed by atoms with Crippen LogP contribution < -0.4 is 0 Å². The summed E-state index contributed by atoms with van der Waals surface area (Å²) in [6.07, 6.45) is 0. The van der Waals surface area contributed by atoms with Gasteiger partial charge in [-0.25, -0.2) is 0 Å². The van der Waals surface area contributed by atoms with Gasteiger partial charge in [0.2, 0.25) is 17.8 Å². The second-order valence-electron chi connectivity index (χ2n) is 19.4. The first kappa shape index (κ1) is 50.1. The van der Waals surface area contributed by atoms with Crippen LogP contribution in [0.3, 0.4) is 0 Å². The molecular formula is C42H60O15. The van der Waals surface area contributed by atoms with Crippen LogP contribution in [-0.2, 0) is 57.2 Å². The lowest BCUT2D eigenvalue weighted by Crippen LogP contribution is -2.42. The fourth-order valence-electron chi connectivity index (χ4n) is 4.65. The van der Waals surface area contributed by atoms with E-state index in [4.69, 9.17) is 28.4 Å². The second-order valence-corrected chi connectivity index (χ2v) is 19.4. The van der Waals surface area contributed by atoms with Crippen molar-refractivity contribution in [1.29, 1.82) is 0 Å². The Bertz CT molecular complexity index is 1460. The van der Waals surface area contributed by atoms with E-state index in [0.29, 0.717) is 0 Å².